The summed E-state index contributed by atoms with van der Waals surface area (Å²) in [5.74, 6) is 0.789. The molecule has 0 unspecified atom stereocenters. The predicted molar refractivity (Wildman–Crippen MR) is 116 cm³/mol. The Bertz CT molecular complexity index is 1120. The molecular formula is C21H23ClN6O2. The maximum absolute atomic E-state index is 12.6. The van der Waals surface area contributed by atoms with E-state index in [1.165, 1.54) is 0 Å². The summed E-state index contributed by atoms with van der Waals surface area (Å²) in [4.78, 5) is 37.2. The molecule has 0 bridgehead atoms. The number of carbonyl (C=O) groups excluding carboxylic acids is 1. The van der Waals surface area contributed by atoms with Gasteiger partial charge in [-0.05, 0) is 25.8 Å². The number of rotatable bonds is 5. The molecule has 1 aromatic carbocycles. The summed E-state index contributed by atoms with van der Waals surface area (Å²) in [6.45, 7) is 4.53. The van der Waals surface area contributed by atoms with Crippen LogP contribution >= 0.6 is 11.6 Å². The van der Waals surface area contributed by atoms with Crippen LogP contribution in [0, 0.1) is 6.92 Å². The van der Waals surface area contributed by atoms with E-state index in [2.05, 4.69) is 25.1 Å². The van der Waals surface area contributed by atoms with E-state index in [1.54, 1.807) is 12.3 Å². The lowest BCUT2D eigenvalue weighted by atomic mass is 10.1. The van der Waals surface area contributed by atoms with Gasteiger partial charge in [0.1, 0.15) is 0 Å². The number of hydrogen-bond acceptors (Lipinski definition) is 6. The summed E-state index contributed by atoms with van der Waals surface area (Å²) < 4.78 is 0. The number of benzene rings is 1. The van der Waals surface area contributed by atoms with Crippen LogP contribution in [0.4, 0.5) is 5.95 Å². The van der Waals surface area contributed by atoms with E-state index in [1.807, 2.05) is 30.0 Å². The number of aromatic amines is 1. The Labute approximate surface area is 178 Å². The van der Waals surface area contributed by atoms with Gasteiger partial charge >= 0.3 is 0 Å². The average molecular weight is 427 g/mol. The van der Waals surface area contributed by atoms with Gasteiger partial charge in [-0.3, -0.25) is 9.59 Å². The molecule has 156 valence electrons. The van der Waals surface area contributed by atoms with E-state index in [9.17, 15) is 9.59 Å². The Morgan fingerprint density at radius 1 is 1.17 bits per heavy atom. The number of piperazine rings is 1. The first-order chi connectivity index (χ1) is 14.5. The Hall–Kier alpha value is -3.00. The molecular weight excluding hydrogens is 404 g/mol. The summed E-state index contributed by atoms with van der Waals surface area (Å²) in [6, 6.07) is 7.41. The zero-order valence-electron chi connectivity index (χ0n) is 16.8. The monoisotopic (exact) mass is 426 g/mol. The van der Waals surface area contributed by atoms with Gasteiger partial charge in [0, 0.05) is 38.0 Å². The summed E-state index contributed by atoms with van der Waals surface area (Å²) in [5.41, 5.74) is 1.38. The van der Waals surface area contributed by atoms with Crippen LogP contribution in [0.2, 0.25) is 5.02 Å². The molecule has 0 aliphatic carbocycles. The normalized spacial score (nSPS) is 14.3. The standard InChI is InChI=1S/C21H23ClN6O2/c1-14-17(22)13-23-21(24-14)28-11-9-27(10-12-28)19(29)8-4-7-18-15-5-2-3-6-16(15)20(30)26-25-18/h2-3,5-6,13H,4,7-12H2,1H3,(H,26,30). The molecule has 30 heavy (non-hydrogen) atoms. The van der Waals surface area contributed by atoms with Crippen molar-refractivity contribution in [1.82, 2.24) is 25.1 Å². The van der Waals surface area contributed by atoms with Gasteiger partial charge in [-0.15, -0.1) is 0 Å². The molecule has 8 nitrogen and oxygen atoms in total. The van der Waals surface area contributed by atoms with Gasteiger partial charge in [-0.25, -0.2) is 15.1 Å². The number of anilines is 1. The van der Waals surface area contributed by atoms with Crippen LogP contribution in [0.15, 0.2) is 35.3 Å². The van der Waals surface area contributed by atoms with Gasteiger partial charge in [-0.2, -0.15) is 5.10 Å². The molecule has 1 fully saturated rings. The Balaban J connectivity index is 1.30. The molecule has 1 amide bonds. The Morgan fingerprint density at radius 3 is 2.63 bits per heavy atom. The molecule has 0 radical (unpaired) electrons. The fourth-order valence-electron chi connectivity index (χ4n) is 3.68. The number of amides is 1. The van der Waals surface area contributed by atoms with E-state index < -0.39 is 0 Å². The van der Waals surface area contributed by atoms with Crippen molar-refractivity contribution in [3.63, 3.8) is 0 Å². The minimum atomic E-state index is -0.192. The first kappa shape index (κ1) is 20.3. The van der Waals surface area contributed by atoms with E-state index in [0.717, 1.165) is 16.8 Å². The highest BCUT2D eigenvalue weighted by Gasteiger charge is 2.22. The van der Waals surface area contributed by atoms with Crippen LogP contribution < -0.4 is 10.5 Å². The predicted octanol–water partition coefficient (Wildman–Crippen LogP) is 2.35. The zero-order chi connectivity index (χ0) is 21.1. The van der Waals surface area contributed by atoms with Gasteiger partial charge in [0.15, 0.2) is 0 Å². The average Bonchev–Trinajstić information content (AvgIpc) is 2.77. The van der Waals surface area contributed by atoms with Crippen molar-refractivity contribution in [2.75, 3.05) is 31.1 Å². The molecule has 3 aromatic rings. The quantitative estimate of drug-likeness (QED) is 0.672. The van der Waals surface area contributed by atoms with E-state index in [-0.39, 0.29) is 11.5 Å². The second-order valence-electron chi connectivity index (χ2n) is 7.37. The molecule has 0 spiro atoms. The zero-order valence-corrected chi connectivity index (χ0v) is 17.5. The fourth-order valence-corrected chi connectivity index (χ4v) is 3.77. The minimum absolute atomic E-state index is 0.136. The van der Waals surface area contributed by atoms with Crippen molar-refractivity contribution in [2.24, 2.45) is 0 Å². The molecule has 4 rings (SSSR count). The minimum Gasteiger partial charge on any atom is -0.339 e. The van der Waals surface area contributed by atoms with Crippen molar-refractivity contribution in [1.29, 1.82) is 0 Å². The van der Waals surface area contributed by atoms with E-state index >= 15 is 0 Å². The Kier molecular flexibility index (Phi) is 5.94. The highest BCUT2D eigenvalue weighted by atomic mass is 35.5. The Morgan fingerprint density at radius 2 is 1.90 bits per heavy atom. The van der Waals surface area contributed by atoms with Crippen molar-refractivity contribution in [3.05, 3.63) is 57.2 Å². The smallest absolute Gasteiger partial charge is 0.272 e. The van der Waals surface area contributed by atoms with Crippen molar-refractivity contribution in [3.8, 4) is 0 Å². The fraction of sp³-hybridized carbons (Fsp3) is 0.381. The van der Waals surface area contributed by atoms with Gasteiger partial charge in [0.2, 0.25) is 11.9 Å². The first-order valence-corrected chi connectivity index (χ1v) is 10.4. The second-order valence-corrected chi connectivity index (χ2v) is 7.78. The van der Waals surface area contributed by atoms with Crippen molar-refractivity contribution >= 4 is 34.2 Å². The summed E-state index contributed by atoms with van der Waals surface area (Å²) in [6.07, 6.45) is 3.39. The van der Waals surface area contributed by atoms with Crippen molar-refractivity contribution < 1.29 is 4.79 Å². The third-order valence-corrected chi connectivity index (χ3v) is 5.77. The van der Waals surface area contributed by atoms with Crippen LogP contribution in [0.25, 0.3) is 10.8 Å². The maximum atomic E-state index is 12.6. The van der Waals surface area contributed by atoms with Gasteiger partial charge in [0.25, 0.3) is 5.56 Å². The first-order valence-electron chi connectivity index (χ1n) is 10.0. The van der Waals surface area contributed by atoms with Gasteiger partial charge < -0.3 is 9.80 Å². The van der Waals surface area contributed by atoms with Crippen LogP contribution in [0.3, 0.4) is 0 Å². The number of aryl methyl sites for hydroxylation is 2. The van der Waals surface area contributed by atoms with Gasteiger partial charge in [-0.1, -0.05) is 29.8 Å². The molecule has 1 aliphatic heterocycles. The largest absolute Gasteiger partial charge is 0.339 e. The van der Waals surface area contributed by atoms with Gasteiger partial charge in [0.05, 0.1) is 28.0 Å². The lowest BCUT2D eigenvalue weighted by Crippen LogP contribution is -2.49. The number of fused-ring (bicyclic) bond motifs is 1. The van der Waals surface area contributed by atoms with Crippen LogP contribution in [0.5, 0.6) is 0 Å². The van der Waals surface area contributed by atoms with Crippen LogP contribution in [-0.2, 0) is 11.2 Å². The van der Waals surface area contributed by atoms with Crippen molar-refractivity contribution in [2.45, 2.75) is 26.2 Å². The molecule has 0 atom stereocenters. The summed E-state index contributed by atoms with van der Waals surface area (Å²) >= 11 is 6.00. The molecule has 2 aromatic heterocycles. The molecule has 1 aliphatic rings. The highest BCUT2D eigenvalue weighted by molar-refractivity contribution is 6.31. The number of carbonyl (C=O) groups is 1. The molecule has 0 saturated carbocycles. The topological polar surface area (TPSA) is 95.1 Å². The van der Waals surface area contributed by atoms with E-state index in [4.69, 9.17) is 11.6 Å². The third-order valence-electron chi connectivity index (χ3n) is 5.40. The lowest BCUT2D eigenvalue weighted by molar-refractivity contribution is -0.131. The second kappa shape index (κ2) is 8.79. The number of hydrogen-bond donors (Lipinski definition) is 1. The third kappa shape index (κ3) is 4.28. The lowest BCUT2D eigenvalue weighted by Gasteiger charge is -2.35. The maximum Gasteiger partial charge on any atom is 0.272 e. The number of H-pyrrole nitrogens is 1. The number of halogens is 1. The van der Waals surface area contributed by atoms with Crippen LogP contribution in [-0.4, -0.2) is 57.2 Å². The van der Waals surface area contributed by atoms with Crippen LogP contribution in [0.1, 0.15) is 24.2 Å². The highest BCUT2D eigenvalue weighted by Crippen LogP contribution is 2.18. The SMILES string of the molecule is Cc1nc(N2CCN(C(=O)CCCc3n[nH]c(=O)c4ccccc34)CC2)ncc1Cl. The number of nitrogens with one attached hydrogen (secondary N) is 1. The van der Waals surface area contributed by atoms with E-state index in [0.29, 0.717) is 61.8 Å². The molecule has 1 N–H and O–H groups in total. The number of nitrogens with zero attached hydrogens (tertiary/aromatic N) is 5. The molecule has 9 heteroatoms. The molecule has 3 heterocycles. The summed E-state index contributed by atoms with van der Waals surface area (Å²) in [7, 11) is 0. The summed E-state index contributed by atoms with van der Waals surface area (Å²) in [5, 5.41) is 8.76. The number of aromatic nitrogens is 4. The molecule has 1 saturated heterocycles.